The van der Waals surface area contributed by atoms with Gasteiger partial charge in [-0.15, -0.1) is 0 Å². The monoisotopic (exact) mass is 202 g/mol. The molecule has 0 saturated carbocycles. The van der Waals surface area contributed by atoms with Crippen LogP contribution in [0.4, 0.5) is 0 Å². The van der Waals surface area contributed by atoms with Gasteiger partial charge in [-0.2, -0.15) is 0 Å². The summed E-state index contributed by atoms with van der Waals surface area (Å²) in [6, 6.07) is 0.691. The molecule has 0 aromatic carbocycles. The van der Waals surface area contributed by atoms with Gasteiger partial charge in [-0.25, -0.2) is 0 Å². The van der Waals surface area contributed by atoms with E-state index in [0.29, 0.717) is 6.04 Å². The van der Waals surface area contributed by atoms with Crippen molar-refractivity contribution in [3.05, 3.63) is 0 Å². The second-order valence-electron chi connectivity index (χ2n) is 3.83. The Balaban J connectivity index is 3.18. The first-order valence-corrected chi connectivity index (χ1v) is 5.62. The summed E-state index contributed by atoms with van der Waals surface area (Å²) in [6.45, 7) is 8.61. The van der Waals surface area contributed by atoms with Crippen molar-refractivity contribution in [2.24, 2.45) is 0 Å². The number of hydrogen-bond donors (Lipinski definition) is 1. The molecular formula is C11H26N2O. The van der Waals surface area contributed by atoms with Crippen molar-refractivity contribution in [2.75, 3.05) is 40.4 Å². The van der Waals surface area contributed by atoms with Crippen LogP contribution in [0.5, 0.6) is 0 Å². The Kier molecular flexibility index (Phi) is 9.35. The van der Waals surface area contributed by atoms with Crippen molar-refractivity contribution in [3.8, 4) is 0 Å². The molecule has 0 bridgehead atoms. The third kappa shape index (κ3) is 7.30. The van der Waals surface area contributed by atoms with Crippen LogP contribution in [0.2, 0.25) is 0 Å². The van der Waals surface area contributed by atoms with E-state index in [1.165, 1.54) is 6.42 Å². The SMILES string of the molecule is CCC(C)N(C)CCNCCCOC. The molecular weight excluding hydrogens is 176 g/mol. The second-order valence-corrected chi connectivity index (χ2v) is 3.83. The summed E-state index contributed by atoms with van der Waals surface area (Å²) in [6.07, 6.45) is 2.32. The number of likely N-dealkylation sites (N-methyl/N-ethyl adjacent to an activating group) is 1. The highest BCUT2D eigenvalue weighted by atomic mass is 16.5. The molecule has 1 N–H and O–H groups in total. The summed E-state index contributed by atoms with van der Waals surface area (Å²) < 4.78 is 4.97. The van der Waals surface area contributed by atoms with Crippen LogP contribution in [0.3, 0.4) is 0 Å². The van der Waals surface area contributed by atoms with Gasteiger partial charge < -0.3 is 15.0 Å². The molecule has 0 aromatic rings. The Morgan fingerprint density at radius 3 is 2.64 bits per heavy atom. The van der Waals surface area contributed by atoms with E-state index in [9.17, 15) is 0 Å². The smallest absolute Gasteiger partial charge is 0.0474 e. The molecule has 0 amide bonds. The molecule has 14 heavy (non-hydrogen) atoms. The van der Waals surface area contributed by atoms with Crippen molar-refractivity contribution >= 4 is 0 Å². The third-order valence-corrected chi connectivity index (χ3v) is 2.69. The van der Waals surface area contributed by atoms with Gasteiger partial charge >= 0.3 is 0 Å². The number of methoxy groups -OCH3 is 1. The fourth-order valence-electron chi connectivity index (χ4n) is 1.25. The first-order chi connectivity index (χ1) is 6.72. The summed E-state index contributed by atoms with van der Waals surface area (Å²) in [4.78, 5) is 2.39. The van der Waals surface area contributed by atoms with Crippen LogP contribution in [0, 0.1) is 0 Å². The molecule has 3 nitrogen and oxygen atoms in total. The minimum atomic E-state index is 0.691. The number of ether oxygens (including phenoxy) is 1. The van der Waals surface area contributed by atoms with Gasteiger partial charge in [-0.05, 0) is 33.4 Å². The highest BCUT2D eigenvalue weighted by Crippen LogP contribution is 1.97. The topological polar surface area (TPSA) is 24.5 Å². The van der Waals surface area contributed by atoms with Crippen molar-refractivity contribution in [2.45, 2.75) is 32.7 Å². The lowest BCUT2D eigenvalue weighted by Gasteiger charge is -2.23. The Morgan fingerprint density at radius 2 is 2.07 bits per heavy atom. The number of nitrogens with zero attached hydrogens (tertiary/aromatic N) is 1. The zero-order valence-corrected chi connectivity index (χ0v) is 10.2. The van der Waals surface area contributed by atoms with Crippen LogP contribution < -0.4 is 5.32 Å². The lowest BCUT2D eigenvalue weighted by Crippen LogP contribution is -2.35. The Hall–Kier alpha value is -0.120. The first kappa shape index (κ1) is 13.9. The predicted octanol–water partition coefficient (Wildman–Crippen LogP) is 1.34. The van der Waals surface area contributed by atoms with E-state index in [1.54, 1.807) is 7.11 Å². The highest BCUT2D eigenvalue weighted by Gasteiger charge is 2.04. The highest BCUT2D eigenvalue weighted by molar-refractivity contribution is 4.62. The van der Waals surface area contributed by atoms with Crippen LogP contribution >= 0.6 is 0 Å². The molecule has 1 unspecified atom stereocenters. The quantitative estimate of drug-likeness (QED) is 0.571. The summed E-state index contributed by atoms with van der Waals surface area (Å²) in [5, 5.41) is 3.41. The van der Waals surface area contributed by atoms with Gasteiger partial charge in [0.05, 0.1) is 0 Å². The average molecular weight is 202 g/mol. The number of hydrogen-bond acceptors (Lipinski definition) is 3. The molecule has 0 aliphatic carbocycles. The number of nitrogens with one attached hydrogen (secondary N) is 1. The lowest BCUT2D eigenvalue weighted by atomic mass is 10.2. The van der Waals surface area contributed by atoms with E-state index in [0.717, 1.165) is 32.7 Å². The van der Waals surface area contributed by atoms with E-state index in [1.807, 2.05) is 0 Å². The van der Waals surface area contributed by atoms with E-state index < -0.39 is 0 Å². The molecule has 0 radical (unpaired) electrons. The first-order valence-electron chi connectivity index (χ1n) is 5.62. The minimum Gasteiger partial charge on any atom is -0.385 e. The molecule has 86 valence electrons. The molecule has 0 aliphatic rings. The normalized spacial score (nSPS) is 13.5. The van der Waals surface area contributed by atoms with Crippen LogP contribution in [0.1, 0.15) is 26.7 Å². The fraction of sp³-hybridized carbons (Fsp3) is 1.00. The van der Waals surface area contributed by atoms with Crippen LogP contribution in [-0.2, 0) is 4.74 Å². The molecule has 0 rings (SSSR count). The summed E-state index contributed by atoms with van der Waals surface area (Å²) in [5.74, 6) is 0. The number of rotatable bonds is 9. The van der Waals surface area contributed by atoms with Crippen LogP contribution in [0.15, 0.2) is 0 Å². The average Bonchev–Trinajstić information content (AvgIpc) is 2.21. The largest absolute Gasteiger partial charge is 0.385 e. The van der Waals surface area contributed by atoms with Crippen LogP contribution in [0.25, 0.3) is 0 Å². The van der Waals surface area contributed by atoms with Crippen molar-refractivity contribution in [1.29, 1.82) is 0 Å². The van der Waals surface area contributed by atoms with Crippen molar-refractivity contribution in [3.63, 3.8) is 0 Å². The molecule has 1 atom stereocenters. The predicted molar refractivity (Wildman–Crippen MR) is 61.7 cm³/mol. The molecule has 0 fully saturated rings. The van der Waals surface area contributed by atoms with Crippen molar-refractivity contribution < 1.29 is 4.74 Å². The maximum Gasteiger partial charge on any atom is 0.0474 e. The summed E-state index contributed by atoms with van der Waals surface area (Å²) in [5.41, 5.74) is 0. The Bertz CT molecular complexity index is 120. The van der Waals surface area contributed by atoms with Gasteiger partial charge in [0.25, 0.3) is 0 Å². The van der Waals surface area contributed by atoms with Gasteiger partial charge in [0.1, 0.15) is 0 Å². The zero-order valence-electron chi connectivity index (χ0n) is 10.2. The van der Waals surface area contributed by atoms with Gasteiger partial charge in [-0.3, -0.25) is 0 Å². The maximum absolute atomic E-state index is 4.97. The van der Waals surface area contributed by atoms with Crippen molar-refractivity contribution in [1.82, 2.24) is 10.2 Å². The maximum atomic E-state index is 4.97. The van der Waals surface area contributed by atoms with Gasteiger partial charge in [0, 0.05) is 32.8 Å². The summed E-state index contributed by atoms with van der Waals surface area (Å²) >= 11 is 0. The molecule has 0 aliphatic heterocycles. The summed E-state index contributed by atoms with van der Waals surface area (Å²) in [7, 11) is 3.93. The molecule has 0 aromatic heterocycles. The van der Waals surface area contributed by atoms with Gasteiger partial charge in [0.2, 0.25) is 0 Å². The minimum absolute atomic E-state index is 0.691. The molecule has 0 spiro atoms. The van der Waals surface area contributed by atoms with Crippen LogP contribution in [-0.4, -0.2) is 51.3 Å². The van der Waals surface area contributed by atoms with Gasteiger partial charge in [0.15, 0.2) is 0 Å². The zero-order chi connectivity index (χ0) is 10.8. The van der Waals surface area contributed by atoms with E-state index in [4.69, 9.17) is 4.74 Å². The fourth-order valence-corrected chi connectivity index (χ4v) is 1.25. The second kappa shape index (κ2) is 9.44. The lowest BCUT2D eigenvalue weighted by molar-refractivity contribution is 0.193. The van der Waals surface area contributed by atoms with E-state index in [-0.39, 0.29) is 0 Å². The molecule has 0 saturated heterocycles. The Morgan fingerprint density at radius 1 is 1.36 bits per heavy atom. The van der Waals surface area contributed by atoms with Gasteiger partial charge in [-0.1, -0.05) is 6.92 Å². The van der Waals surface area contributed by atoms with E-state index >= 15 is 0 Å². The molecule has 0 heterocycles. The standard InChI is InChI=1S/C11H26N2O/c1-5-11(2)13(3)9-8-12-7-6-10-14-4/h11-12H,5-10H2,1-4H3. The third-order valence-electron chi connectivity index (χ3n) is 2.69. The molecule has 3 heteroatoms. The Labute approximate surface area is 88.8 Å². The van der Waals surface area contributed by atoms with E-state index in [2.05, 4.69) is 31.1 Å².